The number of hydrogen-bond donors (Lipinski definition) is 2. The predicted octanol–water partition coefficient (Wildman–Crippen LogP) is 3.91. The molecule has 0 aliphatic heterocycles. The van der Waals surface area contributed by atoms with Crippen LogP contribution in [0.3, 0.4) is 0 Å². The van der Waals surface area contributed by atoms with Crippen LogP contribution in [0.5, 0.6) is 0 Å². The molecule has 0 bridgehead atoms. The van der Waals surface area contributed by atoms with E-state index in [1.165, 1.54) is 26.4 Å². The third-order valence-corrected chi connectivity index (χ3v) is 3.82. The third kappa shape index (κ3) is 14.2. The molecule has 134 valence electrons. The van der Waals surface area contributed by atoms with Gasteiger partial charge < -0.3 is 14.9 Å². The van der Waals surface area contributed by atoms with E-state index >= 15 is 0 Å². The molecule has 23 heavy (non-hydrogen) atoms. The number of esters is 1. The Morgan fingerprint density at radius 1 is 0.957 bits per heavy atom. The van der Waals surface area contributed by atoms with Crippen molar-refractivity contribution in [3.05, 3.63) is 24.3 Å². The molecule has 2 atom stereocenters. The van der Waals surface area contributed by atoms with Crippen LogP contribution in [0.2, 0.25) is 0 Å². The summed E-state index contributed by atoms with van der Waals surface area (Å²) in [7, 11) is 1.43. The van der Waals surface area contributed by atoms with Crippen molar-refractivity contribution < 1.29 is 19.7 Å². The van der Waals surface area contributed by atoms with Crippen LogP contribution in [-0.4, -0.2) is 35.5 Å². The number of ether oxygens (including phenoxy) is 1. The minimum atomic E-state index is -0.653. The van der Waals surface area contributed by atoms with Crippen LogP contribution < -0.4 is 0 Å². The Morgan fingerprint density at radius 2 is 1.61 bits per heavy atom. The van der Waals surface area contributed by atoms with Gasteiger partial charge in [-0.3, -0.25) is 4.79 Å². The Kier molecular flexibility index (Phi) is 15.0. The molecule has 0 saturated carbocycles. The number of hydrogen-bond acceptors (Lipinski definition) is 4. The van der Waals surface area contributed by atoms with Crippen molar-refractivity contribution in [2.45, 2.75) is 83.3 Å². The first kappa shape index (κ1) is 21.9. The van der Waals surface area contributed by atoms with E-state index in [9.17, 15) is 15.0 Å². The van der Waals surface area contributed by atoms with E-state index in [2.05, 4.69) is 16.9 Å². The second-order valence-electron chi connectivity index (χ2n) is 5.84. The quantitative estimate of drug-likeness (QED) is 0.288. The van der Waals surface area contributed by atoms with Gasteiger partial charge >= 0.3 is 5.97 Å². The molecule has 2 unspecified atom stereocenters. The van der Waals surface area contributed by atoms with Gasteiger partial charge in [0.25, 0.3) is 0 Å². The van der Waals surface area contributed by atoms with Gasteiger partial charge in [0.2, 0.25) is 0 Å². The summed E-state index contributed by atoms with van der Waals surface area (Å²) in [4.78, 5) is 10.9. The minimum Gasteiger partial charge on any atom is -0.469 e. The zero-order chi connectivity index (χ0) is 17.3. The summed E-state index contributed by atoms with van der Waals surface area (Å²) < 4.78 is 4.60. The highest BCUT2D eigenvalue weighted by Gasteiger charge is 2.11. The summed E-state index contributed by atoms with van der Waals surface area (Å²) in [5.74, 6) is -0.113. The Hall–Kier alpha value is -1.13. The van der Waals surface area contributed by atoms with Crippen molar-refractivity contribution in [1.82, 2.24) is 0 Å². The van der Waals surface area contributed by atoms with Crippen LogP contribution in [-0.2, 0) is 9.53 Å². The van der Waals surface area contributed by atoms with Crippen LogP contribution in [0.1, 0.15) is 71.1 Å². The number of methoxy groups -OCH3 is 1. The van der Waals surface area contributed by atoms with Crippen LogP contribution in [0.25, 0.3) is 0 Å². The highest BCUT2D eigenvalue weighted by atomic mass is 16.5. The Morgan fingerprint density at radius 3 is 2.30 bits per heavy atom. The van der Waals surface area contributed by atoms with Gasteiger partial charge in [0.1, 0.15) is 0 Å². The Bertz CT molecular complexity index is 336. The van der Waals surface area contributed by atoms with Crippen molar-refractivity contribution in [2.24, 2.45) is 0 Å². The molecule has 0 aliphatic carbocycles. The van der Waals surface area contributed by atoms with Crippen molar-refractivity contribution in [2.75, 3.05) is 7.11 Å². The van der Waals surface area contributed by atoms with Crippen LogP contribution in [0, 0.1) is 0 Å². The highest BCUT2D eigenvalue weighted by molar-refractivity contribution is 5.68. The predicted molar refractivity (Wildman–Crippen MR) is 94.2 cm³/mol. The average molecular weight is 326 g/mol. The summed E-state index contributed by atoms with van der Waals surface area (Å²) >= 11 is 0. The second-order valence-corrected chi connectivity index (χ2v) is 5.84. The lowest BCUT2D eigenvalue weighted by Crippen LogP contribution is -2.23. The van der Waals surface area contributed by atoms with Crippen LogP contribution in [0.15, 0.2) is 24.3 Å². The van der Waals surface area contributed by atoms with Gasteiger partial charge in [0.15, 0.2) is 0 Å². The maximum atomic E-state index is 10.9. The van der Waals surface area contributed by atoms with Gasteiger partial charge in [-0.15, -0.1) is 0 Å². The SMILES string of the molecule is CCC(O)C(O)C/C=C\C/C=C\CCCCCCCC(=O)OC. The number of aliphatic hydroxyl groups excluding tert-OH is 2. The maximum Gasteiger partial charge on any atom is 0.305 e. The van der Waals surface area contributed by atoms with E-state index < -0.39 is 12.2 Å². The molecule has 0 saturated heterocycles. The van der Waals surface area contributed by atoms with Gasteiger partial charge in [0.05, 0.1) is 19.3 Å². The molecule has 0 aromatic carbocycles. The number of aliphatic hydroxyl groups is 2. The molecule has 0 amide bonds. The first-order valence-electron chi connectivity index (χ1n) is 8.84. The molecule has 0 rings (SSSR count). The molecule has 0 spiro atoms. The molecule has 0 aromatic rings. The fraction of sp³-hybridized carbons (Fsp3) is 0.737. The van der Waals surface area contributed by atoms with Crippen molar-refractivity contribution in [3.63, 3.8) is 0 Å². The Labute approximate surface area is 141 Å². The van der Waals surface area contributed by atoms with E-state index in [-0.39, 0.29) is 5.97 Å². The maximum absolute atomic E-state index is 10.9. The van der Waals surface area contributed by atoms with Gasteiger partial charge in [-0.25, -0.2) is 0 Å². The highest BCUT2D eigenvalue weighted by Crippen LogP contribution is 2.08. The molecule has 0 heterocycles. The van der Waals surface area contributed by atoms with Gasteiger partial charge in [-0.05, 0) is 38.5 Å². The summed E-state index contributed by atoms with van der Waals surface area (Å²) in [6, 6.07) is 0. The number of allylic oxidation sites excluding steroid dienone is 3. The summed E-state index contributed by atoms with van der Waals surface area (Å²) in [5.41, 5.74) is 0. The lowest BCUT2D eigenvalue weighted by atomic mass is 10.1. The van der Waals surface area contributed by atoms with Crippen LogP contribution >= 0.6 is 0 Å². The largest absolute Gasteiger partial charge is 0.469 e. The summed E-state index contributed by atoms with van der Waals surface area (Å²) in [6.45, 7) is 1.86. The zero-order valence-electron chi connectivity index (χ0n) is 14.7. The van der Waals surface area contributed by atoms with E-state index in [0.717, 1.165) is 25.7 Å². The monoisotopic (exact) mass is 326 g/mol. The minimum absolute atomic E-state index is 0.113. The molecule has 4 heteroatoms. The number of carbonyl (C=O) groups excluding carboxylic acids is 1. The fourth-order valence-corrected chi connectivity index (χ4v) is 2.22. The Balaban J connectivity index is 3.39. The first-order chi connectivity index (χ1) is 11.1. The molecule has 0 aromatic heterocycles. The van der Waals surface area contributed by atoms with E-state index in [1.807, 2.05) is 19.1 Å². The van der Waals surface area contributed by atoms with E-state index in [0.29, 0.717) is 19.3 Å². The average Bonchev–Trinajstić information content (AvgIpc) is 2.57. The molecule has 0 aliphatic rings. The fourth-order valence-electron chi connectivity index (χ4n) is 2.22. The van der Waals surface area contributed by atoms with E-state index in [4.69, 9.17) is 0 Å². The number of unbranched alkanes of at least 4 members (excludes halogenated alkanes) is 5. The van der Waals surface area contributed by atoms with Gasteiger partial charge in [-0.1, -0.05) is 50.5 Å². The lowest BCUT2D eigenvalue weighted by Gasteiger charge is -2.13. The summed E-state index contributed by atoms with van der Waals surface area (Å²) in [6.07, 6.45) is 16.1. The smallest absolute Gasteiger partial charge is 0.305 e. The molecule has 0 fully saturated rings. The van der Waals surface area contributed by atoms with Crippen molar-refractivity contribution in [3.8, 4) is 0 Å². The lowest BCUT2D eigenvalue weighted by molar-refractivity contribution is -0.140. The third-order valence-electron chi connectivity index (χ3n) is 3.82. The molecular weight excluding hydrogens is 292 g/mol. The molecule has 2 N–H and O–H groups in total. The zero-order valence-corrected chi connectivity index (χ0v) is 14.7. The van der Waals surface area contributed by atoms with Gasteiger partial charge in [0, 0.05) is 6.42 Å². The number of rotatable bonds is 14. The molecule has 4 nitrogen and oxygen atoms in total. The van der Waals surface area contributed by atoms with Crippen molar-refractivity contribution >= 4 is 5.97 Å². The molecular formula is C19H34O4. The van der Waals surface area contributed by atoms with E-state index in [1.54, 1.807) is 0 Å². The topological polar surface area (TPSA) is 66.8 Å². The van der Waals surface area contributed by atoms with Crippen LogP contribution in [0.4, 0.5) is 0 Å². The second kappa shape index (κ2) is 15.8. The molecule has 0 radical (unpaired) electrons. The first-order valence-corrected chi connectivity index (χ1v) is 8.84. The van der Waals surface area contributed by atoms with Crippen molar-refractivity contribution in [1.29, 1.82) is 0 Å². The normalized spacial score (nSPS) is 14.4. The van der Waals surface area contributed by atoms with Gasteiger partial charge in [-0.2, -0.15) is 0 Å². The standard InChI is InChI=1S/C19H34O4/c1-3-17(20)18(21)15-13-11-9-7-5-4-6-8-10-12-14-16-19(22)23-2/h5,7,11,13,17-18,20-21H,3-4,6,8-10,12,14-16H2,1-2H3/b7-5-,13-11-. The summed E-state index contributed by atoms with van der Waals surface area (Å²) in [5, 5.41) is 19.0. The number of carbonyl (C=O) groups is 1.